The van der Waals surface area contributed by atoms with Crippen LogP contribution in [0.25, 0.3) is 0 Å². The molecule has 0 aromatic heterocycles. The number of amides is 1. The molecule has 0 bridgehead atoms. The van der Waals surface area contributed by atoms with Gasteiger partial charge in [-0.1, -0.05) is 26.2 Å². The summed E-state index contributed by atoms with van der Waals surface area (Å²) in [4.78, 5) is 14.8. The van der Waals surface area contributed by atoms with E-state index in [4.69, 9.17) is 5.73 Å². The molecule has 0 radical (unpaired) electrons. The van der Waals surface area contributed by atoms with Crippen molar-refractivity contribution in [1.82, 2.24) is 4.90 Å². The third kappa shape index (κ3) is 3.71. The minimum absolute atomic E-state index is 0.160. The molecule has 0 spiro atoms. The van der Waals surface area contributed by atoms with E-state index in [2.05, 4.69) is 11.8 Å². The molecule has 1 aliphatic heterocycles. The third-order valence-electron chi connectivity index (χ3n) is 5.04. The molecule has 3 heteroatoms. The van der Waals surface area contributed by atoms with Crippen molar-refractivity contribution in [3.8, 4) is 0 Å². The molecular weight excluding hydrogens is 236 g/mol. The highest BCUT2D eigenvalue weighted by atomic mass is 16.2. The van der Waals surface area contributed by atoms with Gasteiger partial charge >= 0.3 is 0 Å². The van der Waals surface area contributed by atoms with Crippen LogP contribution in [-0.4, -0.2) is 29.9 Å². The van der Waals surface area contributed by atoms with Gasteiger partial charge in [-0.25, -0.2) is 0 Å². The maximum absolute atomic E-state index is 12.6. The van der Waals surface area contributed by atoms with E-state index in [9.17, 15) is 4.79 Å². The first kappa shape index (κ1) is 14.8. The summed E-state index contributed by atoms with van der Waals surface area (Å²) in [5.41, 5.74) is 5.55. The summed E-state index contributed by atoms with van der Waals surface area (Å²) >= 11 is 0. The summed E-state index contributed by atoms with van der Waals surface area (Å²) < 4.78 is 0. The van der Waals surface area contributed by atoms with E-state index in [0.29, 0.717) is 18.5 Å². The predicted octanol–water partition coefficient (Wildman–Crippen LogP) is 2.93. The van der Waals surface area contributed by atoms with Crippen molar-refractivity contribution in [2.45, 2.75) is 70.8 Å². The Kier molecular flexibility index (Phi) is 5.68. The van der Waals surface area contributed by atoms with Crippen molar-refractivity contribution < 1.29 is 4.79 Å². The largest absolute Gasteiger partial charge is 0.339 e. The number of hydrogen-bond donors (Lipinski definition) is 1. The Morgan fingerprint density at radius 3 is 2.63 bits per heavy atom. The van der Waals surface area contributed by atoms with Crippen molar-refractivity contribution >= 4 is 5.91 Å². The van der Waals surface area contributed by atoms with Crippen LogP contribution in [0.3, 0.4) is 0 Å². The smallest absolute Gasteiger partial charge is 0.225 e. The Balaban J connectivity index is 1.91. The molecule has 0 aromatic carbocycles. The zero-order valence-corrected chi connectivity index (χ0v) is 12.4. The first-order chi connectivity index (χ1) is 9.24. The maximum Gasteiger partial charge on any atom is 0.225 e. The van der Waals surface area contributed by atoms with Gasteiger partial charge in [0.25, 0.3) is 0 Å². The summed E-state index contributed by atoms with van der Waals surface area (Å²) in [6.07, 6.45) is 11.2. The Morgan fingerprint density at radius 1 is 1.21 bits per heavy atom. The molecule has 19 heavy (non-hydrogen) atoms. The van der Waals surface area contributed by atoms with Crippen LogP contribution in [0.2, 0.25) is 0 Å². The van der Waals surface area contributed by atoms with Crippen molar-refractivity contribution in [2.24, 2.45) is 17.6 Å². The molecule has 1 heterocycles. The summed E-state index contributed by atoms with van der Waals surface area (Å²) in [6.45, 7) is 3.77. The number of nitrogens with zero attached hydrogens (tertiary/aromatic N) is 1. The lowest BCUT2D eigenvalue weighted by molar-refractivity contribution is -0.137. The van der Waals surface area contributed by atoms with E-state index in [1.165, 1.54) is 44.9 Å². The Labute approximate surface area is 117 Å². The molecule has 2 unspecified atom stereocenters. The van der Waals surface area contributed by atoms with Crippen molar-refractivity contribution in [3.05, 3.63) is 0 Å². The van der Waals surface area contributed by atoms with E-state index in [0.717, 1.165) is 25.3 Å². The lowest BCUT2D eigenvalue weighted by Crippen LogP contribution is -2.43. The average molecular weight is 266 g/mol. The van der Waals surface area contributed by atoms with Crippen LogP contribution in [0.1, 0.15) is 64.7 Å². The molecular formula is C16H30N2O. The molecule has 1 saturated heterocycles. The molecule has 1 amide bonds. The molecule has 1 aliphatic carbocycles. The number of hydrogen-bond acceptors (Lipinski definition) is 2. The monoisotopic (exact) mass is 266 g/mol. The topological polar surface area (TPSA) is 46.3 Å². The van der Waals surface area contributed by atoms with Gasteiger partial charge in [0.05, 0.1) is 0 Å². The lowest BCUT2D eigenvalue weighted by Gasteiger charge is -2.35. The average Bonchev–Trinajstić information content (AvgIpc) is 2.94. The highest BCUT2D eigenvalue weighted by Gasteiger charge is 2.36. The standard InChI is InChI=1S/C16H30N2O/c1-13(7-5-11-17)16(19)18-12-6-10-15(18)14-8-3-2-4-9-14/h13-15H,2-12,17H2,1H3. The van der Waals surface area contributed by atoms with Crippen LogP contribution in [0, 0.1) is 11.8 Å². The molecule has 3 nitrogen and oxygen atoms in total. The van der Waals surface area contributed by atoms with Gasteiger partial charge in [0, 0.05) is 18.5 Å². The zero-order valence-electron chi connectivity index (χ0n) is 12.4. The molecule has 2 N–H and O–H groups in total. The van der Waals surface area contributed by atoms with Gasteiger partial charge in [0.2, 0.25) is 5.91 Å². The SMILES string of the molecule is CC(CCCN)C(=O)N1CCCC1C1CCCCC1. The molecule has 0 aromatic rings. The van der Waals surface area contributed by atoms with E-state index in [-0.39, 0.29) is 5.92 Å². The predicted molar refractivity (Wildman–Crippen MR) is 78.8 cm³/mol. The van der Waals surface area contributed by atoms with E-state index in [1.54, 1.807) is 0 Å². The van der Waals surface area contributed by atoms with Crippen LogP contribution in [0.5, 0.6) is 0 Å². The first-order valence-electron chi connectivity index (χ1n) is 8.24. The number of carbonyl (C=O) groups excluding carboxylic acids is 1. The molecule has 2 rings (SSSR count). The van der Waals surface area contributed by atoms with Gasteiger partial charge in [-0.3, -0.25) is 4.79 Å². The summed E-state index contributed by atoms with van der Waals surface area (Å²) in [7, 11) is 0. The van der Waals surface area contributed by atoms with Gasteiger partial charge in [-0.05, 0) is 51.0 Å². The molecule has 2 aliphatic rings. The number of rotatable bonds is 5. The van der Waals surface area contributed by atoms with Crippen molar-refractivity contribution in [1.29, 1.82) is 0 Å². The van der Waals surface area contributed by atoms with Crippen LogP contribution >= 0.6 is 0 Å². The second-order valence-electron chi connectivity index (χ2n) is 6.47. The normalized spacial score (nSPS) is 26.6. The number of nitrogens with two attached hydrogens (primary N) is 1. The first-order valence-corrected chi connectivity index (χ1v) is 8.24. The van der Waals surface area contributed by atoms with Gasteiger partial charge in [-0.2, -0.15) is 0 Å². The molecule has 2 fully saturated rings. The fourth-order valence-electron chi connectivity index (χ4n) is 3.91. The highest BCUT2D eigenvalue weighted by molar-refractivity contribution is 5.79. The van der Waals surface area contributed by atoms with E-state index in [1.807, 2.05) is 0 Å². The number of carbonyl (C=O) groups is 1. The molecule has 110 valence electrons. The van der Waals surface area contributed by atoms with Crippen LogP contribution in [0.4, 0.5) is 0 Å². The Morgan fingerprint density at radius 2 is 1.95 bits per heavy atom. The summed E-state index contributed by atoms with van der Waals surface area (Å²) in [6, 6.07) is 0.549. The Bertz CT molecular complexity index is 286. The zero-order chi connectivity index (χ0) is 13.7. The third-order valence-corrected chi connectivity index (χ3v) is 5.04. The van der Waals surface area contributed by atoms with Gasteiger partial charge < -0.3 is 10.6 Å². The van der Waals surface area contributed by atoms with Gasteiger partial charge in [0.15, 0.2) is 0 Å². The van der Waals surface area contributed by atoms with E-state index >= 15 is 0 Å². The second-order valence-corrected chi connectivity index (χ2v) is 6.47. The minimum atomic E-state index is 0.160. The van der Waals surface area contributed by atoms with E-state index < -0.39 is 0 Å². The lowest BCUT2D eigenvalue weighted by atomic mass is 9.82. The Hall–Kier alpha value is -0.570. The molecule has 1 saturated carbocycles. The maximum atomic E-state index is 12.6. The summed E-state index contributed by atoms with van der Waals surface area (Å²) in [5, 5.41) is 0. The van der Waals surface area contributed by atoms with Crippen molar-refractivity contribution in [2.75, 3.05) is 13.1 Å². The highest BCUT2D eigenvalue weighted by Crippen LogP contribution is 2.35. The summed E-state index contributed by atoms with van der Waals surface area (Å²) in [5.74, 6) is 1.33. The minimum Gasteiger partial charge on any atom is -0.339 e. The molecule has 2 atom stereocenters. The van der Waals surface area contributed by atoms with Crippen LogP contribution < -0.4 is 5.73 Å². The van der Waals surface area contributed by atoms with Crippen molar-refractivity contribution in [3.63, 3.8) is 0 Å². The fourth-order valence-corrected chi connectivity index (χ4v) is 3.91. The fraction of sp³-hybridized carbons (Fsp3) is 0.938. The van der Waals surface area contributed by atoms with Crippen LogP contribution in [0.15, 0.2) is 0 Å². The quantitative estimate of drug-likeness (QED) is 0.831. The number of likely N-dealkylation sites (tertiary alicyclic amines) is 1. The van der Waals surface area contributed by atoms with Gasteiger partial charge in [-0.15, -0.1) is 0 Å². The van der Waals surface area contributed by atoms with Gasteiger partial charge in [0.1, 0.15) is 0 Å². The van der Waals surface area contributed by atoms with Crippen LogP contribution in [-0.2, 0) is 4.79 Å². The second kappa shape index (κ2) is 7.28.